The van der Waals surface area contributed by atoms with Gasteiger partial charge in [0.1, 0.15) is 5.52 Å². The first-order chi connectivity index (χ1) is 11.7. The van der Waals surface area contributed by atoms with Gasteiger partial charge in [0.05, 0.1) is 29.4 Å². The van der Waals surface area contributed by atoms with Crippen LogP contribution < -0.4 is 11.0 Å². The van der Waals surface area contributed by atoms with Gasteiger partial charge in [0.25, 0.3) is 0 Å². The van der Waals surface area contributed by atoms with Crippen LogP contribution in [0.2, 0.25) is 0 Å². The smallest absolute Gasteiger partial charge is 0.347 e. The molecule has 1 aliphatic carbocycles. The SMILES string of the molecule is Cn1cncc1-c1ccc2[nH]c(=O)nc(NC3CCCCC3)c2n1. The maximum Gasteiger partial charge on any atom is 0.347 e. The van der Waals surface area contributed by atoms with Crippen molar-refractivity contribution in [2.24, 2.45) is 7.05 Å². The molecular weight excluding hydrogens is 304 g/mol. The first-order valence-electron chi connectivity index (χ1n) is 8.35. The molecular formula is C17H20N6O. The van der Waals surface area contributed by atoms with Gasteiger partial charge in [-0.25, -0.2) is 14.8 Å². The zero-order valence-electron chi connectivity index (χ0n) is 13.6. The molecule has 0 aromatic carbocycles. The van der Waals surface area contributed by atoms with Crippen molar-refractivity contribution in [2.45, 2.75) is 38.1 Å². The van der Waals surface area contributed by atoms with Crippen molar-refractivity contribution < 1.29 is 0 Å². The van der Waals surface area contributed by atoms with E-state index in [1.807, 2.05) is 23.7 Å². The van der Waals surface area contributed by atoms with E-state index in [-0.39, 0.29) is 5.69 Å². The Labute approximate surface area is 139 Å². The highest BCUT2D eigenvalue weighted by molar-refractivity contribution is 5.86. The Bertz CT molecular complexity index is 922. The molecule has 0 unspecified atom stereocenters. The number of fused-ring (bicyclic) bond motifs is 1. The third-order valence-electron chi connectivity index (χ3n) is 4.60. The number of pyridine rings is 1. The summed E-state index contributed by atoms with van der Waals surface area (Å²) in [5, 5.41) is 3.44. The number of rotatable bonds is 3. The number of H-pyrrole nitrogens is 1. The zero-order chi connectivity index (χ0) is 16.5. The van der Waals surface area contributed by atoms with Crippen LogP contribution in [0.3, 0.4) is 0 Å². The second kappa shape index (κ2) is 6.07. The van der Waals surface area contributed by atoms with Gasteiger partial charge in [-0.3, -0.25) is 0 Å². The van der Waals surface area contributed by atoms with E-state index in [9.17, 15) is 4.79 Å². The summed E-state index contributed by atoms with van der Waals surface area (Å²) < 4.78 is 1.92. The van der Waals surface area contributed by atoms with Gasteiger partial charge in [-0.15, -0.1) is 0 Å². The Morgan fingerprint density at radius 3 is 2.79 bits per heavy atom. The molecule has 7 nitrogen and oxygen atoms in total. The number of aryl methyl sites for hydroxylation is 1. The van der Waals surface area contributed by atoms with E-state index in [2.05, 4.69) is 20.3 Å². The van der Waals surface area contributed by atoms with Gasteiger partial charge in [-0.2, -0.15) is 4.98 Å². The maximum absolute atomic E-state index is 11.9. The molecule has 1 fully saturated rings. The van der Waals surface area contributed by atoms with Crippen molar-refractivity contribution in [3.8, 4) is 11.4 Å². The molecule has 0 radical (unpaired) electrons. The average molecular weight is 324 g/mol. The number of aromatic nitrogens is 5. The molecule has 1 aliphatic rings. The van der Waals surface area contributed by atoms with E-state index in [4.69, 9.17) is 4.98 Å². The number of imidazole rings is 1. The molecule has 124 valence electrons. The lowest BCUT2D eigenvalue weighted by atomic mass is 9.95. The fourth-order valence-electron chi connectivity index (χ4n) is 3.33. The van der Waals surface area contributed by atoms with Crippen molar-refractivity contribution in [3.05, 3.63) is 35.1 Å². The number of nitrogens with one attached hydrogen (secondary N) is 2. The van der Waals surface area contributed by atoms with Gasteiger partial charge < -0.3 is 14.9 Å². The maximum atomic E-state index is 11.9. The van der Waals surface area contributed by atoms with Crippen LogP contribution in [-0.4, -0.2) is 30.5 Å². The quantitative estimate of drug-likeness (QED) is 0.772. The molecule has 0 saturated heterocycles. The van der Waals surface area contributed by atoms with E-state index >= 15 is 0 Å². The van der Waals surface area contributed by atoms with Gasteiger partial charge >= 0.3 is 5.69 Å². The van der Waals surface area contributed by atoms with Crippen LogP contribution in [-0.2, 0) is 7.05 Å². The molecule has 3 aromatic heterocycles. The summed E-state index contributed by atoms with van der Waals surface area (Å²) in [5.74, 6) is 0.574. The summed E-state index contributed by atoms with van der Waals surface area (Å²) in [5.41, 5.74) is 2.77. The van der Waals surface area contributed by atoms with Crippen molar-refractivity contribution in [1.82, 2.24) is 24.5 Å². The Kier molecular flexibility index (Phi) is 3.76. The van der Waals surface area contributed by atoms with Crippen molar-refractivity contribution in [3.63, 3.8) is 0 Å². The second-order valence-corrected chi connectivity index (χ2v) is 6.35. The van der Waals surface area contributed by atoms with Gasteiger partial charge in [-0.05, 0) is 25.0 Å². The van der Waals surface area contributed by atoms with E-state index in [1.165, 1.54) is 19.3 Å². The Morgan fingerprint density at radius 2 is 2.04 bits per heavy atom. The van der Waals surface area contributed by atoms with Crippen LogP contribution in [0.15, 0.2) is 29.5 Å². The largest absolute Gasteiger partial charge is 0.365 e. The lowest BCUT2D eigenvalue weighted by molar-refractivity contribution is 0.462. The highest BCUT2D eigenvalue weighted by Gasteiger charge is 2.17. The number of aromatic amines is 1. The molecule has 4 rings (SSSR count). The summed E-state index contributed by atoms with van der Waals surface area (Å²) in [7, 11) is 1.93. The highest BCUT2D eigenvalue weighted by Crippen LogP contribution is 2.25. The summed E-state index contributed by atoms with van der Waals surface area (Å²) >= 11 is 0. The van der Waals surface area contributed by atoms with Crippen LogP contribution in [0, 0.1) is 0 Å². The van der Waals surface area contributed by atoms with Gasteiger partial charge in [0.2, 0.25) is 0 Å². The van der Waals surface area contributed by atoms with Crippen LogP contribution >= 0.6 is 0 Å². The molecule has 0 aliphatic heterocycles. The Hall–Kier alpha value is -2.70. The minimum Gasteiger partial charge on any atom is -0.365 e. The van der Waals surface area contributed by atoms with Crippen LogP contribution in [0.5, 0.6) is 0 Å². The van der Waals surface area contributed by atoms with Crippen molar-refractivity contribution in [2.75, 3.05) is 5.32 Å². The van der Waals surface area contributed by atoms with Crippen molar-refractivity contribution >= 4 is 16.9 Å². The highest BCUT2D eigenvalue weighted by atomic mass is 16.1. The second-order valence-electron chi connectivity index (χ2n) is 6.35. The zero-order valence-corrected chi connectivity index (χ0v) is 13.6. The fraction of sp³-hybridized carbons (Fsp3) is 0.412. The molecule has 0 atom stereocenters. The summed E-state index contributed by atoms with van der Waals surface area (Å²) in [4.78, 5) is 27.6. The molecule has 24 heavy (non-hydrogen) atoms. The molecule has 2 N–H and O–H groups in total. The third kappa shape index (κ3) is 2.77. The first kappa shape index (κ1) is 14.9. The molecule has 0 amide bonds. The number of nitrogens with zero attached hydrogens (tertiary/aromatic N) is 4. The summed E-state index contributed by atoms with van der Waals surface area (Å²) in [6.07, 6.45) is 9.45. The standard InChI is InChI=1S/C17H20N6O/c1-23-10-18-9-14(23)12-7-8-13-15(20-12)16(22-17(24)21-13)19-11-5-3-2-4-6-11/h7-11H,2-6H2,1H3,(H2,19,21,22,24). The first-order valence-corrected chi connectivity index (χ1v) is 8.35. The predicted octanol–water partition coefficient (Wildman–Crippen LogP) is 2.46. The van der Waals surface area contributed by atoms with Gasteiger partial charge in [0.15, 0.2) is 5.82 Å². The van der Waals surface area contributed by atoms with E-state index in [0.29, 0.717) is 22.9 Å². The van der Waals surface area contributed by atoms with Gasteiger partial charge in [0, 0.05) is 13.1 Å². The van der Waals surface area contributed by atoms with E-state index in [1.54, 1.807) is 12.5 Å². The van der Waals surface area contributed by atoms with Crippen LogP contribution in [0.4, 0.5) is 5.82 Å². The molecule has 7 heteroatoms. The van der Waals surface area contributed by atoms with Crippen LogP contribution in [0.25, 0.3) is 22.4 Å². The monoisotopic (exact) mass is 324 g/mol. The minimum atomic E-state index is -0.351. The minimum absolute atomic E-state index is 0.351. The van der Waals surface area contributed by atoms with Gasteiger partial charge in [-0.1, -0.05) is 19.3 Å². The lowest BCUT2D eigenvalue weighted by Crippen LogP contribution is -2.25. The van der Waals surface area contributed by atoms with Crippen molar-refractivity contribution in [1.29, 1.82) is 0 Å². The Morgan fingerprint density at radius 1 is 1.21 bits per heavy atom. The molecule has 0 bridgehead atoms. The topological polar surface area (TPSA) is 88.5 Å². The fourth-order valence-corrected chi connectivity index (χ4v) is 3.33. The normalized spacial score (nSPS) is 15.7. The van der Waals surface area contributed by atoms with E-state index in [0.717, 1.165) is 24.2 Å². The lowest BCUT2D eigenvalue weighted by Gasteiger charge is -2.23. The van der Waals surface area contributed by atoms with E-state index < -0.39 is 0 Å². The average Bonchev–Trinajstić information content (AvgIpc) is 3.01. The molecule has 1 saturated carbocycles. The summed E-state index contributed by atoms with van der Waals surface area (Å²) in [6, 6.07) is 4.12. The summed E-state index contributed by atoms with van der Waals surface area (Å²) in [6.45, 7) is 0. The third-order valence-corrected chi connectivity index (χ3v) is 4.60. The molecule has 3 aromatic rings. The molecule has 3 heterocycles. The molecule has 0 spiro atoms. The van der Waals surface area contributed by atoms with Crippen LogP contribution in [0.1, 0.15) is 32.1 Å². The predicted molar refractivity (Wildman–Crippen MR) is 92.9 cm³/mol. The number of hydrogen-bond donors (Lipinski definition) is 2. The Balaban J connectivity index is 1.79. The number of anilines is 1. The number of hydrogen-bond acceptors (Lipinski definition) is 5.